The Kier molecular flexibility index (Phi) is 9.17. The van der Waals surface area contributed by atoms with Gasteiger partial charge in [0.25, 0.3) is 0 Å². The maximum absolute atomic E-state index is 6.39. The van der Waals surface area contributed by atoms with Gasteiger partial charge in [0.05, 0.1) is 11.0 Å². The summed E-state index contributed by atoms with van der Waals surface area (Å²) in [6.45, 7) is 4.69. The van der Waals surface area contributed by atoms with Crippen molar-refractivity contribution in [2.45, 2.75) is 19.3 Å². The van der Waals surface area contributed by atoms with Crippen LogP contribution in [0.5, 0.6) is 0 Å². The summed E-state index contributed by atoms with van der Waals surface area (Å²) in [5.74, 6) is 1.67. The maximum Gasteiger partial charge on any atom is 0.238 e. The van der Waals surface area contributed by atoms with Gasteiger partial charge in [-0.05, 0) is 110 Å². The lowest BCUT2D eigenvalue weighted by Gasteiger charge is -2.22. The van der Waals surface area contributed by atoms with Crippen LogP contribution in [0.2, 0.25) is 0 Å². The molecule has 13 aromatic rings. The predicted molar refractivity (Wildman–Crippen MR) is 292 cm³/mol. The molecule has 3 aromatic heterocycles. The van der Waals surface area contributed by atoms with Crippen LogP contribution < -0.4 is 0 Å². The van der Waals surface area contributed by atoms with Crippen molar-refractivity contribution in [2.75, 3.05) is 0 Å². The number of benzene rings is 10. The third kappa shape index (κ3) is 6.65. The van der Waals surface area contributed by atoms with Gasteiger partial charge < -0.3 is 4.42 Å². The van der Waals surface area contributed by atoms with E-state index < -0.39 is 0 Å². The van der Waals surface area contributed by atoms with E-state index in [1.807, 2.05) is 36.4 Å². The minimum Gasteiger partial charge on any atom is -0.456 e. The van der Waals surface area contributed by atoms with Crippen molar-refractivity contribution in [3.63, 3.8) is 0 Å². The van der Waals surface area contributed by atoms with Crippen LogP contribution in [0.25, 0.3) is 128 Å². The van der Waals surface area contributed by atoms with E-state index in [0.717, 1.165) is 88.3 Å². The molecule has 3 heterocycles. The number of furan rings is 1. The molecule has 5 heteroatoms. The molecule has 5 nitrogen and oxygen atoms in total. The molecule has 0 amide bonds. The number of rotatable bonds is 7. The Morgan fingerprint density at radius 3 is 1.69 bits per heavy atom. The van der Waals surface area contributed by atoms with Gasteiger partial charge in [-0.25, -0.2) is 4.98 Å². The summed E-state index contributed by atoms with van der Waals surface area (Å²) in [4.78, 5) is 15.9. The average Bonchev–Trinajstić information content (AvgIpc) is 4.06. The van der Waals surface area contributed by atoms with Crippen LogP contribution in [0.3, 0.4) is 0 Å². The monoisotopic (exact) mass is 908 g/mol. The molecule has 334 valence electrons. The molecule has 0 N–H and O–H groups in total. The zero-order chi connectivity index (χ0) is 47.2. The van der Waals surface area contributed by atoms with Crippen molar-refractivity contribution in [3.8, 4) is 84.4 Å². The van der Waals surface area contributed by atoms with E-state index in [9.17, 15) is 0 Å². The van der Waals surface area contributed by atoms with Crippen LogP contribution in [0, 0.1) is 0 Å². The minimum atomic E-state index is -0.0732. The van der Waals surface area contributed by atoms with Gasteiger partial charge in [-0.3, -0.25) is 4.57 Å². The van der Waals surface area contributed by atoms with Crippen molar-refractivity contribution in [1.82, 2.24) is 19.5 Å². The van der Waals surface area contributed by atoms with Crippen LogP contribution in [-0.2, 0) is 5.41 Å². The van der Waals surface area contributed by atoms with Crippen LogP contribution in [-0.4, -0.2) is 19.5 Å². The van der Waals surface area contributed by atoms with E-state index in [-0.39, 0.29) is 5.41 Å². The van der Waals surface area contributed by atoms with Gasteiger partial charge in [0.1, 0.15) is 11.2 Å². The summed E-state index contributed by atoms with van der Waals surface area (Å²) < 4.78 is 8.63. The molecule has 1 aliphatic rings. The van der Waals surface area contributed by atoms with Crippen molar-refractivity contribution in [3.05, 3.63) is 242 Å². The first kappa shape index (κ1) is 40.8. The Morgan fingerprint density at radius 1 is 0.338 bits per heavy atom. The maximum atomic E-state index is 6.39. The zero-order valence-corrected chi connectivity index (χ0v) is 39.1. The smallest absolute Gasteiger partial charge is 0.238 e. The molecule has 14 rings (SSSR count). The van der Waals surface area contributed by atoms with Crippen molar-refractivity contribution < 1.29 is 4.42 Å². The highest BCUT2D eigenvalue weighted by Gasteiger charge is 2.35. The normalized spacial score (nSPS) is 12.8. The Balaban J connectivity index is 0.947. The Labute approximate surface area is 411 Å². The van der Waals surface area contributed by atoms with E-state index >= 15 is 0 Å². The summed E-state index contributed by atoms with van der Waals surface area (Å²) in [5.41, 5.74) is 19.9. The largest absolute Gasteiger partial charge is 0.456 e. The van der Waals surface area contributed by atoms with E-state index in [2.05, 4.69) is 213 Å². The quantitative estimate of drug-likeness (QED) is 0.160. The van der Waals surface area contributed by atoms with Gasteiger partial charge in [-0.1, -0.05) is 196 Å². The molecule has 0 unspecified atom stereocenters. The van der Waals surface area contributed by atoms with Gasteiger partial charge in [-0.2, -0.15) is 9.97 Å². The molecule has 0 saturated heterocycles. The topological polar surface area (TPSA) is 56.7 Å². The molecule has 71 heavy (non-hydrogen) atoms. The highest BCUT2D eigenvalue weighted by atomic mass is 16.3. The van der Waals surface area contributed by atoms with E-state index in [4.69, 9.17) is 19.4 Å². The molecule has 0 fully saturated rings. The van der Waals surface area contributed by atoms with Crippen LogP contribution in [0.15, 0.2) is 235 Å². The second kappa shape index (κ2) is 15.9. The number of para-hydroxylation sites is 2. The summed E-state index contributed by atoms with van der Waals surface area (Å²) in [7, 11) is 0. The van der Waals surface area contributed by atoms with Crippen molar-refractivity contribution in [2.24, 2.45) is 0 Å². The standard InChI is InChI=1S/C66H44N4O/c1-66(2)57-28-11-9-24-51(57)52-33-30-47(39-58(52)66)44-21-13-20-43(36-44)45-22-14-23-48(37-45)50-26-15-27-55-56-38-46(41-16-5-3-6-17-41)32-35-59(56)70(62(50)55)65-68-63(42-18-7-4-8-19-42)67-64(69-65)49-31-34-54-53-25-10-12-29-60(53)71-61(54)40-49/h3-40H,1-2H3. The minimum absolute atomic E-state index is 0.0732. The van der Waals surface area contributed by atoms with Gasteiger partial charge in [0, 0.05) is 43.7 Å². The van der Waals surface area contributed by atoms with Gasteiger partial charge in [-0.15, -0.1) is 0 Å². The molecular weight excluding hydrogens is 865 g/mol. The summed E-state index contributed by atoms with van der Waals surface area (Å²) in [6, 6.07) is 82.3. The summed E-state index contributed by atoms with van der Waals surface area (Å²) in [5, 5.41) is 4.35. The van der Waals surface area contributed by atoms with Crippen LogP contribution in [0.1, 0.15) is 25.0 Å². The SMILES string of the molecule is CC1(C)c2ccccc2-c2ccc(-c3cccc(-c4cccc(-c5cccc6c7cc(-c8ccccc8)ccc7n(-c7nc(-c8ccccc8)nc(-c8ccc9c(c8)oc8ccccc89)n7)c56)c4)c3)cc21. The first-order valence-corrected chi connectivity index (χ1v) is 24.2. The molecular formula is C66H44N4O. The number of hydrogen-bond donors (Lipinski definition) is 0. The fourth-order valence-electron chi connectivity index (χ4n) is 11.1. The van der Waals surface area contributed by atoms with Crippen molar-refractivity contribution in [1.29, 1.82) is 0 Å². The van der Waals surface area contributed by atoms with Gasteiger partial charge >= 0.3 is 0 Å². The highest BCUT2D eigenvalue weighted by molar-refractivity contribution is 6.15. The molecule has 0 radical (unpaired) electrons. The average molecular weight is 909 g/mol. The Bertz CT molecular complexity index is 4260. The molecule has 0 bridgehead atoms. The van der Waals surface area contributed by atoms with Crippen LogP contribution >= 0.6 is 0 Å². The third-order valence-corrected chi connectivity index (χ3v) is 14.7. The summed E-state index contributed by atoms with van der Waals surface area (Å²) >= 11 is 0. The second-order valence-corrected chi connectivity index (χ2v) is 19.2. The first-order valence-electron chi connectivity index (χ1n) is 24.2. The zero-order valence-electron chi connectivity index (χ0n) is 39.1. The first-order chi connectivity index (χ1) is 34.9. The predicted octanol–water partition coefficient (Wildman–Crippen LogP) is 17.2. The second-order valence-electron chi connectivity index (χ2n) is 19.2. The molecule has 10 aromatic carbocycles. The fraction of sp³-hybridized carbons (Fsp3) is 0.0455. The number of nitrogens with zero attached hydrogens (tertiary/aromatic N) is 4. The Morgan fingerprint density at radius 2 is 0.887 bits per heavy atom. The lowest BCUT2D eigenvalue weighted by atomic mass is 9.81. The number of aromatic nitrogens is 4. The van der Waals surface area contributed by atoms with Gasteiger partial charge in [0.2, 0.25) is 5.95 Å². The third-order valence-electron chi connectivity index (χ3n) is 14.7. The molecule has 0 spiro atoms. The van der Waals surface area contributed by atoms with Gasteiger partial charge in [0.15, 0.2) is 11.6 Å². The highest BCUT2D eigenvalue weighted by Crippen LogP contribution is 2.50. The number of hydrogen-bond acceptors (Lipinski definition) is 4. The Hall–Kier alpha value is -9.19. The van der Waals surface area contributed by atoms with Crippen LogP contribution in [0.4, 0.5) is 0 Å². The van der Waals surface area contributed by atoms with E-state index in [1.165, 1.54) is 33.4 Å². The lowest BCUT2D eigenvalue weighted by Crippen LogP contribution is -2.14. The molecule has 0 aliphatic heterocycles. The molecule has 0 atom stereocenters. The lowest BCUT2D eigenvalue weighted by molar-refractivity contribution is 0.660. The van der Waals surface area contributed by atoms with Crippen molar-refractivity contribution >= 4 is 43.7 Å². The number of fused-ring (bicyclic) bond motifs is 9. The fourth-order valence-corrected chi connectivity index (χ4v) is 11.1. The summed E-state index contributed by atoms with van der Waals surface area (Å²) in [6.07, 6.45) is 0. The molecule has 0 saturated carbocycles. The molecule has 1 aliphatic carbocycles. The van der Waals surface area contributed by atoms with E-state index in [1.54, 1.807) is 0 Å². The van der Waals surface area contributed by atoms with E-state index in [0.29, 0.717) is 17.6 Å².